The lowest BCUT2D eigenvalue weighted by molar-refractivity contribution is 0.167. The van der Waals surface area contributed by atoms with Crippen LogP contribution in [0.5, 0.6) is 0 Å². The molecule has 2 aliphatic rings. The summed E-state index contributed by atoms with van der Waals surface area (Å²) in [6.07, 6.45) is 3.59. The second-order valence-corrected chi connectivity index (χ2v) is 8.94. The number of fused-ring (bicyclic) bond motifs is 1. The molecule has 1 unspecified atom stereocenters. The van der Waals surface area contributed by atoms with Gasteiger partial charge in [0.05, 0.1) is 0 Å². The smallest absolute Gasteiger partial charge is 0.191 e. The number of hydrogen-bond acceptors (Lipinski definition) is 4. The molecule has 5 nitrogen and oxygen atoms in total. The number of piperidine rings is 1. The quantitative estimate of drug-likeness (QED) is 0.367. The largest absolute Gasteiger partial charge is 0.355 e. The van der Waals surface area contributed by atoms with Crippen LogP contribution in [0.2, 0.25) is 0 Å². The molecule has 0 bridgehead atoms. The summed E-state index contributed by atoms with van der Waals surface area (Å²) in [5.74, 6) is 0.952. The number of hydrogen-bond donors (Lipinski definition) is 2. The second kappa shape index (κ2) is 11.0. The predicted octanol–water partition coefficient (Wildman–Crippen LogP) is 3.15. The van der Waals surface area contributed by atoms with Crippen molar-refractivity contribution in [2.45, 2.75) is 64.7 Å². The van der Waals surface area contributed by atoms with Gasteiger partial charge in [0.25, 0.3) is 0 Å². The van der Waals surface area contributed by atoms with Crippen molar-refractivity contribution in [2.24, 2.45) is 4.99 Å². The third kappa shape index (κ3) is 6.30. The molecule has 0 saturated carbocycles. The van der Waals surface area contributed by atoms with Gasteiger partial charge in [0.1, 0.15) is 0 Å². The maximum Gasteiger partial charge on any atom is 0.191 e. The van der Waals surface area contributed by atoms with Crippen LogP contribution < -0.4 is 10.6 Å². The fraction of sp³-hybridized carbons (Fsp3) is 0.750. The molecule has 154 valence electrons. The Bertz CT molecular complexity index is 595. The molecule has 3 heterocycles. The second-order valence-electron chi connectivity index (χ2n) is 7.94. The third-order valence-corrected chi connectivity index (χ3v) is 6.87. The summed E-state index contributed by atoms with van der Waals surface area (Å²) in [6, 6.07) is 3.98. The minimum Gasteiger partial charge on any atom is -0.355 e. The van der Waals surface area contributed by atoms with Crippen molar-refractivity contribution in [1.29, 1.82) is 0 Å². The highest BCUT2D eigenvalue weighted by molar-refractivity contribution is 14.0. The van der Waals surface area contributed by atoms with Crippen LogP contribution in [0.25, 0.3) is 0 Å². The van der Waals surface area contributed by atoms with E-state index in [1.54, 1.807) is 4.88 Å². The first-order valence-corrected chi connectivity index (χ1v) is 10.9. The van der Waals surface area contributed by atoms with Crippen LogP contribution >= 0.6 is 35.3 Å². The zero-order chi connectivity index (χ0) is 18.5. The van der Waals surface area contributed by atoms with E-state index in [4.69, 9.17) is 0 Å². The molecule has 2 N–H and O–H groups in total. The summed E-state index contributed by atoms with van der Waals surface area (Å²) in [6.45, 7) is 12.4. The van der Waals surface area contributed by atoms with E-state index in [0.717, 1.165) is 25.6 Å². The number of nitrogens with one attached hydrogen (secondary N) is 2. The molecule has 0 aliphatic carbocycles. The van der Waals surface area contributed by atoms with Crippen LogP contribution in [-0.4, -0.2) is 67.1 Å². The van der Waals surface area contributed by atoms with Gasteiger partial charge in [-0.3, -0.25) is 9.89 Å². The average Bonchev–Trinajstić information content (AvgIpc) is 3.13. The van der Waals surface area contributed by atoms with Gasteiger partial charge < -0.3 is 15.5 Å². The molecule has 27 heavy (non-hydrogen) atoms. The number of halogens is 1. The van der Waals surface area contributed by atoms with E-state index in [2.05, 4.69) is 57.6 Å². The number of rotatable bonds is 5. The van der Waals surface area contributed by atoms with Crippen LogP contribution in [-0.2, 0) is 13.0 Å². The first kappa shape index (κ1) is 22.9. The van der Waals surface area contributed by atoms with Crippen molar-refractivity contribution in [3.05, 3.63) is 21.9 Å². The topological polar surface area (TPSA) is 42.9 Å². The molecular formula is C20H36IN5S. The zero-order valence-electron chi connectivity index (χ0n) is 17.2. The summed E-state index contributed by atoms with van der Waals surface area (Å²) in [5, 5.41) is 9.41. The number of likely N-dealkylation sites (tertiary alicyclic amines) is 1. The molecule has 3 rings (SSSR count). The van der Waals surface area contributed by atoms with E-state index in [-0.39, 0.29) is 24.0 Å². The monoisotopic (exact) mass is 505 g/mol. The van der Waals surface area contributed by atoms with E-state index in [0.29, 0.717) is 18.1 Å². The highest BCUT2D eigenvalue weighted by Gasteiger charge is 2.23. The van der Waals surface area contributed by atoms with Crippen molar-refractivity contribution in [1.82, 2.24) is 20.4 Å². The van der Waals surface area contributed by atoms with Crippen LogP contribution in [0.4, 0.5) is 0 Å². The Morgan fingerprint density at radius 2 is 1.96 bits per heavy atom. The number of aliphatic imine (C=N–C) groups is 1. The zero-order valence-corrected chi connectivity index (χ0v) is 20.3. The van der Waals surface area contributed by atoms with Crippen molar-refractivity contribution < 1.29 is 0 Å². The SMILES string of the molecule is CN=C(NCC(C)N1CCc2sccc2C1)NC1CCN(C(C)C)CC1.I. The normalized spacial score (nSPS) is 20.9. The molecule has 0 aromatic carbocycles. The van der Waals surface area contributed by atoms with E-state index < -0.39 is 0 Å². The molecule has 1 aromatic rings. The summed E-state index contributed by atoms with van der Waals surface area (Å²) in [4.78, 5) is 11.2. The maximum atomic E-state index is 4.45. The van der Waals surface area contributed by atoms with Gasteiger partial charge in [-0.25, -0.2) is 0 Å². The highest BCUT2D eigenvalue weighted by atomic mass is 127. The lowest BCUT2D eigenvalue weighted by atomic mass is 10.0. The number of nitrogens with zero attached hydrogens (tertiary/aromatic N) is 3. The Morgan fingerprint density at radius 1 is 1.22 bits per heavy atom. The lowest BCUT2D eigenvalue weighted by Gasteiger charge is -2.36. The van der Waals surface area contributed by atoms with Crippen LogP contribution in [0.3, 0.4) is 0 Å². The minimum absolute atomic E-state index is 0. The molecule has 0 amide bonds. The molecular weight excluding hydrogens is 469 g/mol. The first-order valence-electron chi connectivity index (χ1n) is 10.1. The van der Waals surface area contributed by atoms with Crippen molar-refractivity contribution >= 4 is 41.3 Å². The Balaban J connectivity index is 0.00000261. The van der Waals surface area contributed by atoms with Gasteiger partial charge in [0.15, 0.2) is 5.96 Å². The van der Waals surface area contributed by atoms with Gasteiger partial charge >= 0.3 is 0 Å². The van der Waals surface area contributed by atoms with Gasteiger partial charge in [-0.2, -0.15) is 0 Å². The van der Waals surface area contributed by atoms with Gasteiger partial charge in [-0.1, -0.05) is 0 Å². The molecule has 1 atom stereocenters. The van der Waals surface area contributed by atoms with Gasteiger partial charge in [0.2, 0.25) is 0 Å². The molecule has 1 aromatic heterocycles. The van der Waals surface area contributed by atoms with E-state index in [1.807, 2.05) is 18.4 Å². The molecule has 0 spiro atoms. The summed E-state index contributed by atoms with van der Waals surface area (Å²) in [7, 11) is 1.88. The third-order valence-electron chi connectivity index (χ3n) is 5.85. The maximum absolute atomic E-state index is 4.45. The van der Waals surface area contributed by atoms with Crippen molar-refractivity contribution in [3.63, 3.8) is 0 Å². The summed E-state index contributed by atoms with van der Waals surface area (Å²) in [5.41, 5.74) is 1.52. The van der Waals surface area contributed by atoms with Crippen molar-refractivity contribution in [3.8, 4) is 0 Å². The van der Waals surface area contributed by atoms with Gasteiger partial charge in [0, 0.05) is 62.8 Å². The highest BCUT2D eigenvalue weighted by Crippen LogP contribution is 2.25. The number of guanidine groups is 1. The Kier molecular flexibility index (Phi) is 9.31. The van der Waals surface area contributed by atoms with E-state index >= 15 is 0 Å². The summed E-state index contributed by atoms with van der Waals surface area (Å²) < 4.78 is 0. The Labute approximate surface area is 186 Å². The fourth-order valence-electron chi connectivity index (χ4n) is 3.97. The van der Waals surface area contributed by atoms with Crippen LogP contribution in [0.1, 0.15) is 44.1 Å². The molecule has 1 saturated heterocycles. The fourth-order valence-corrected chi connectivity index (χ4v) is 4.86. The van der Waals surface area contributed by atoms with Gasteiger partial charge in [-0.15, -0.1) is 35.3 Å². The van der Waals surface area contributed by atoms with Gasteiger partial charge in [-0.05, 0) is 57.0 Å². The average molecular weight is 506 g/mol. The predicted molar refractivity (Wildman–Crippen MR) is 128 cm³/mol. The standard InChI is InChI=1S/C20H35N5S.HI/c1-15(2)24-9-5-18(6-10-24)23-20(21-4)22-13-16(3)25-11-7-19-17(14-25)8-12-26-19;/h8,12,15-16,18H,5-7,9-11,13-14H2,1-4H3,(H2,21,22,23);1H. The molecule has 7 heteroatoms. The Morgan fingerprint density at radius 3 is 2.63 bits per heavy atom. The minimum atomic E-state index is 0. The first-order chi connectivity index (χ1) is 12.6. The lowest BCUT2D eigenvalue weighted by Crippen LogP contribution is -2.52. The van der Waals surface area contributed by atoms with Crippen molar-refractivity contribution in [2.75, 3.05) is 33.2 Å². The summed E-state index contributed by atoms with van der Waals surface area (Å²) >= 11 is 1.91. The van der Waals surface area contributed by atoms with E-state index in [9.17, 15) is 0 Å². The van der Waals surface area contributed by atoms with E-state index in [1.165, 1.54) is 37.9 Å². The number of thiophene rings is 1. The molecule has 2 aliphatic heterocycles. The van der Waals surface area contributed by atoms with Crippen LogP contribution in [0.15, 0.2) is 16.4 Å². The van der Waals surface area contributed by atoms with Crippen LogP contribution in [0, 0.1) is 0 Å². The Hall–Kier alpha value is -0.380. The molecule has 0 radical (unpaired) electrons. The molecule has 1 fully saturated rings.